The van der Waals surface area contributed by atoms with Crippen molar-refractivity contribution in [3.8, 4) is 0 Å². The molecule has 0 fully saturated rings. The highest BCUT2D eigenvalue weighted by molar-refractivity contribution is 7.71. The number of pyridine rings is 1. The Hall–Kier alpha value is -0.830. The van der Waals surface area contributed by atoms with Crippen LogP contribution in [0.2, 0.25) is 0 Å². The van der Waals surface area contributed by atoms with Crippen molar-refractivity contribution in [3.05, 3.63) is 22.8 Å². The first kappa shape index (κ1) is 5.31. The van der Waals surface area contributed by atoms with Crippen LogP contribution in [0, 0.1) is 4.51 Å². The zero-order chi connectivity index (χ0) is 5.98. The molecule has 0 saturated carbocycles. The molecule has 2 nitrogen and oxygen atoms in total. The summed E-state index contributed by atoms with van der Waals surface area (Å²) in [4.78, 5) is 2.78. The molecule has 3 heteroatoms. The van der Waals surface area contributed by atoms with E-state index in [4.69, 9.17) is 18.0 Å². The minimum atomic E-state index is 0. The summed E-state index contributed by atoms with van der Waals surface area (Å²) in [7, 11) is 0. The average Bonchev–Trinajstić information content (AvgIpc) is 1.64. The van der Waals surface area contributed by atoms with E-state index in [0.29, 0.717) is 5.82 Å². The van der Waals surface area contributed by atoms with Crippen molar-refractivity contribution >= 4 is 18.0 Å². The lowest BCUT2D eigenvalue weighted by Crippen LogP contribution is -1.86. The summed E-state index contributed by atoms with van der Waals surface area (Å²) < 4.78 is 0.765. The van der Waals surface area contributed by atoms with E-state index in [9.17, 15) is 0 Å². The van der Waals surface area contributed by atoms with Crippen molar-refractivity contribution in [2.75, 3.05) is 5.73 Å². The van der Waals surface area contributed by atoms with Crippen molar-refractivity contribution < 1.29 is 1.43 Å². The van der Waals surface area contributed by atoms with E-state index < -0.39 is 0 Å². The van der Waals surface area contributed by atoms with E-state index in [-0.39, 0.29) is 1.43 Å². The average molecular weight is 127 g/mol. The number of H-pyrrole nitrogens is 1. The zero-order valence-corrected chi connectivity index (χ0v) is 5.03. The fourth-order valence-electron chi connectivity index (χ4n) is 0.463. The van der Waals surface area contributed by atoms with Crippen LogP contribution in [0.3, 0.4) is 0 Å². The van der Waals surface area contributed by atoms with Crippen LogP contribution in [0.15, 0.2) is 18.3 Å². The molecule has 0 amide bonds. The van der Waals surface area contributed by atoms with Gasteiger partial charge >= 0.3 is 1.43 Å². The molecule has 0 radical (unpaired) electrons. The normalized spacial score (nSPS) is 9.00. The molecule has 0 aliphatic heterocycles. The molecule has 0 aromatic carbocycles. The number of aromatic nitrogens is 1. The quantitative estimate of drug-likeness (QED) is 0.518. The van der Waals surface area contributed by atoms with E-state index in [0.717, 1.165) is 4.51 Å². The van der Waals surface area contributed by atoms with Gasteiger partial charge in [-0.15, -0.1) is 0 Å². The van der Waals surface area contributed by atoms with Crippen LogP contribution < -0.4 is 5.73 Å². The van der Waals surface area contributed by atoms with Gasteiger partial charge in [-0.05, 0) is 12.1 Å². The Balaban J connectivity index is 0.000000640. The summed E-state index contributed by atoms with van der Waals surface area (Å²) in [6.45, 7) is 0. The van der Waals surface area contributed by atoms with Crippen LogP contribution in [0.1, 0.15) is 1.43 Å². The highest BCUT2D eigenvalue weighted by Crippen LogP contribution is 1.94. The second-order valence-corrected chi connectivity index (χ2v) is 1.95. The third-order valence-corrected chi connectivity index (χ3v) is 1.05. The van der Waals surface area contributed by atoms with Gasteiger partial charge in [0.15, 0.2) is 0 Å². The van der Waals surface area contributed by atoms with Crippen molar-refractivity contribution in [3.63, 3.8) is 0 Å². The van der Waals surface area contributed by atoms with Crippen LogP contribution in [0.5, 0.6) is 0 Å². The number of nitrogens with two attached hydrogens (primary N) is 1. The number of aromatic amines is 1. The van der Waals surface area contributed by atoms with Gasteiger partial charge in [0.2, 0.25) is 0 Å². The maximum absolute atomic E-state index is 5.34. The molecule has 0 atom stereocenters. The topological polar surface area (TPSA) is 41.8 Å². The van der Waals surface area contributed by atoms with E-state index in [1.807, 2.05) is 0 Å². The van der Waals surface area contributed by atoms with Crippen molar-refractivity contribution in [2.45, 2.75) is 0 Å². The Labute approximate surface area is 53.8 Å². The molecular formula is C5H7N2S+. The molecule has 0 unspecified atom stereocenters. The second kappa shape index (κ2) is 1.96. The van der Waals surface area contributed by atoms with Gasteiger partial charge in [-0.25, -0.2) is 0 Å². The minimum Gasteiger partial charge on any atom is -0.385 e. The highest BCUT2D eigenvalue weighted by atomic mass is 32.1. The molecule has 0 bridgehead atoms. The smallest absolute Gasteiger partial charge is 0.385 e. The summed E-state index contributed by atoms with van der Waals surface area (Å²) in [5.41, 5.74) is 5.34. The first-order valence-electron chi connectivity index (χ1n) is 2.23. The third-order valence-electron chi connectivity index (χ3n) is 0.795. The molecule has 1 rings (SSSR count). The Morgan fingerprint density at radius 3 is 2.88 bits per heavy atom. The Kier molecular flexibility index (Phi) is 1.30. The molecule has 0 aliphatic carbocycles. The number of nitrogens with one attached hydrogen (secondary N) is 1. The van der Waals surface area contributed by atoms with E-state index in [2.05, 4.69) is 4.98 Å². The fourth-order valence-corrected chi connectivity index (χ4v) is 0.658. The van der Waals surface area contributed by atoms with Gasteiger partial charge in [0, 0.05) is 10.7 Å². The highest BCUT2D eigenvalue weighted by Gasteiger charge is 1.77. The van der Waals surface area contributed by atoms with Gasteiger partial charge in [-0.2, -0.15) is 0 Å². The molecule has 0 spiro atoms. The summed E-state index contributed by atoms with van der Waals surface area (Å²) >= 11 is 4.80. The van der Waals surface area contributed by atoms with Crippen LogP contribution in [0.4, 0.5) is 5.82 Å². The van der Waals surface area contributed by atoms with Crippen molar-refractivity contribution in [1.82, 2.24) is 4.98 Å². The summed E-state index contributed by atoms with van der Waals surface area (Å²) in [5, 5.41) is 0. The molecule has 3 N–H and O–H groups in total. The van der Waals surface area contributed by atoms with Crippen molar-refractivity contribution in [1.29, 1.82) is 0 Å². The maximum atomic E-state index is 5.34. The largest absolute Gasteiger partial charge is 1.00 e. The van der Waals surface area contributed by atoms with E-state index >= 15 is 0 Å². The van der Waals surface area contributed by atoms with Gasteiger partial charge in [0.05, 0.1) is 0 Å². The molecule has 1 aromatic heterocycles. The molecule has 42 valence electrons. The Morgan fingerprint density at radius 2 is 2.50 bits per heavy atom. The fraction of sp³-hybridized carbons (Fsp3) is 0. The molecule has 0 saturated heterocycles. The summed E-state index contributed by atoms with van der Waals surface area (Å²) in [5.74, 6) is 0.609. The van der Waals surface area contributed by atoms with E-state index in [1.54, 1.807) is 18.3 Å². The lowest BCUT2D eigenvalue weighted by molar-refractivity contribution is 1.33. The van der Waals surface area contributed by atoms with Crippen LogP contribution in [0.25, 0.3) is 0 Å². The predicted octanol–water partition coefficient (Wildman–Crippen LogP) is 1.44. The first-order valence-corrected chi connectivity index (χ1v) is 2.64. The van der Waals surface area contributed by atoms with Crippen LogP contribution in [-0.4, -0.2) is 4.98 Å². The number of rotatable bonds is 0. The molecule has 8 heavy (non-hydrogen) atoms. The molecular weight excluding hydrogens is 120 g/mol. The molecule has 1 heterocycles. The standard InChI is InChI=1S/C5H6N2S/c6-5-3-4(8)1-2-7-5/h1-3H,(H3,6,7,8)/p+1. The number of hydrogen-bond acceptors (Lipinski definition) is 2. The van der Waals surface area contributed by atoms with Gasteiger partial charge in [0.1, 0.15) is 5.82 Å². The van der Waals surface area contributed by atoms with Crippen LogP contribution in [-0.2, 0) is 0 Å². The SMILES string of the molecule is Nc1cc(=S)cc[nH]1.[H+]. The Morgan fingerprint density at radius 1 is 1.75 bits per heavy atom. The number of anilines is 1. The van der Waals surface area contributed by atoms with Gasteiger partial charge in [0.25, 0.3) is 0 Å². The minimum absolute atomic E-state index is 0. The Bertz CT molecular complexity index is 232. The van der Waals surface area contributed by atoms with E-state index in [1.165, 1.54) is 0 Å². The van der Waals surface area contributed by atoms with Crippen molar-refractivity contribution in [2.24, 2.45) is 0 Å². The lowest BCUT2D eigenvalue weighted by atomic mass is 10.5. The van der Waals surface area contributed by atoms with Crippen LogP contribution >= 0.6 is 12.2 Å². The van der Waals surface area contributed by atoms with Gasteiger partial charge in [-0.3, -0.25) is 0 Å². The second-order valence-electron chi connectivity index (χ2n) is 1.48. The zero-order valence-electron chi connectivity index (χ0n) is 5.22. The molecule has 1 aromatic rings. The number of nitrogen functional groups attached to an aromatic ring is 1. The maximum Gasteiger partial charge on any atom is 1.00 e. The third kappa shape index (κ3) is 1.07. The lowest BCUT2D eigenvalue weighted by Gasteiger charge is -1.87. The van der Waals surface area contributed by atoms with Gasteiger partial charge in [-0.1, -0.05) is 12.2 Å². The summed E-state index contributed by atoms with van der Waals surface area (Å²) in [6, 6.07) is 3.49. The predicted molar refractivity (Wildman–Crippen MR) is 37.2 cm³/mol. The first-order chi connectivity index (χ1) is 3.79. The number of hydrogen-bond donors (Lipinski definition) is 2. The summed E-state index contributed by atoms with van der Waals surface area (Å²) in [6.07, 6.45) is 1.72. The molecule has 0 aliphatic rings. The van der Waals surface area contributed by atoms with Gasteiger partial charge < -0.3 is 10.7 Å². The monoisotopic (exact) mass is 127 g/mol.